The monoisotopic (exact) mass is 357 g/mol. The van der Waals surface area contributed by atoms with Gasteiger partial charge < -0.3 is 20.7 Å². The maximum Gasteiger partial charge on any atom is 0.263 e. The number of anilines is 2. The zero-order valence-electron chi connectivity index (χ0n) is 14.7. The maximum absolute atomic E-state index is 12.1. The second-order valence-electron chi connectivity index (χ2n) is 5.79. The number of hydrogen-bond acceptors (Lipinski definition) is 6. The van der Waals surface area contributed by atoms with Crippen molar-refractivity contribution in [2.45, 2.75) is 6.92 Å². The fraction of sp³-hybridized carbons (Fsp3) is 0.389. The van der Waals surface area contributed by atoms with E-state index in [-0.39, 0.29) is 11.5 Å². The van der Waals surface area contributed by atoms with Crippen LogP contribution in [0, 0.1) is 11.3 Å². The number of carbonyl (C=O) groups excluding carboxylic acids is 2. The Balaban J connectivity index is 1.85. The number of nitrogens with one attached hydrogen (secondary N) is 3. The van der Waals surface area contributed by atoms with E-state index >= 15 is 0 Å². The molecule has 8 heteroatoms. The van der Waals surface area contributed by atoms with E-state index in [2.05, 4.69) is 20.9 Å². The number of benzene rings is 1. The molecule has 2 rings (SSSR count). The van der Waals surface area contributed by atoms with Crippen LogP contribution in [0.25, 0.3) is 0 Å². The molecule has 0 bridgehead atoms. The van der Waals surface area contributed by atoms with Crippen molar-refractivity contribution in [3.8, 4) is 6.07 Å². The molecule has 26 heavy (non-hydrogen) atoms. The van der Waals surface area contributed by atoms with Crippen molar-refractivity contribution in [2.75, 3.05) is 50.0 Å². The number of amides is 2. The number of carbonyl (C=O) groups is 2. The van der Waals surface area contributed by atoms with Crippen LogP contribution in [-0.2, 0) is 14.3 Å². The molecule has 2 amide bonds. The van der Waals surface area contributed by atoms with Crippen molar-refractivity contribution in [3.05, 3.63) is 36.0 Å². The molecular weight excluding hydrogens is 334 g/mol. The zero-order valence-corrected chi connectivity index (χ0v) is 14.7. The third-order valence-corrected chi connectivity index (χ3v) is 3.75. The molecule has 1 aliphatic rings. The predicted octanol–water partition coefficient (Wildman–Crippen LogP) is 0.913. The molecule has 1 aliphatic heterocycles. The van der Waals surface area contributed by atoms with Crippen LogP contribution in [-0.4, -0.2) is 56.1 Å². The number of rotatable bonds is 7. The fourth-order valence-corrected chi connectivity index (χ4v) is 2.44. The van der Waals surface area contributed by atoms with Gasteiger partial charge in [0.15, 0.2) is 0 Å². The summed E-state index contributed by atoms with van der Waals surface area (Å²) < 4.78 is 5.27. The highest BCUT2D eigenvalue weighted by atomic mass is 16.5. The molecule has 3 N–H and O–H groups in total. The van der Waals surface area contributed by atoms with Gasteiger partial charge in [-0.2, -0.15) is 5.26 Å². The molecule has 1 aromatic carbocycles. The van der Waals surface area contributed by atoms with Crippen molar-refractivity contribution in [2.24, 2.45) is 0 Å². The summed E-state index contributed by atoms with van der Waals surface area (Å²) in [6.07, 6.45) is 1.36. The minimum atomic E-state index is -0.425. The smallest absolute Gasteiger partial charge is 0.263 e. The molecular formula is C18H23N5O3. The molecule has 1 fully saturated rings. The van der Waals surface area contributed by atoms with E-state index in [0.717, 1.165) is 19.6 Å². The lowest BCUT2D eigenvalue weighted by molar-refractivity contribution is -0.117. The van der Waals surface area contributed by atoms with Gasteiger partial charge in [-0.15, -0.1) is 0 Å². The van der Waals surface area contributed by atoms with Gasteiger partial charge in [-0.25, -0.2) is 0 Å². The molecule has 1 aromatic rings. The van der Waals surface area contributed by atoms with Crippen molar-refractivity contribution < 1.29 is 14.3 Å². The first-order valence-corrected chi connectivity index (χ1v) is 8.41. The largest absolute Gasteiger partial charge is 0.379 e. The van der Waals surface area contributed by atoms with Crippen LogP contribution in [0.15, 0.2) is 36.0 Å². The maximum atomic E-state index is 12.1. The fourth-order valence-electron chi connectivity index (χ4n) is 2.44. The van der Waals surface area contributed by atoms with Gasteiger partial charge in [0.25, 0.3) is 5.91 Å². The lowest BCUT2D eigenvalue weighted by Crippen LogP contribution is -2.41. The van der Waals surface area contributed by atoms with E-state index in [9.17, 15) is 14.9 Å². The summed E-state index contributed by atoms with van der Waals surface area (Å²) in [4.78, 5) is 25.4. The van der Waals surface area contributed by atoms with Gasteiger partial charge in [0.2, 0.25) is 5.91 Å². The van der Waals surface area contributed by atoms with Gasteiger partial charge in [0.05, 0.1) is 13.2 Å². The van der Waals surface area contributed by atoms with E-state index in [1.54, 1.807) is 24.3 Å². The second-order valence-corrected chi connectivity index (χ2v) is 5.79. The van der Waals surface area contributed by atoms with Crippen molar-refractivity contribution in [1.82, 2.24) is 10.2 Å². The highest BCUT2D eigenvalue weighted by Gasteiger charge is 2.12. The average Bonchev–Trinajstić information content (AvgIpc) is 2.63. The third-order valence-electron chi connectivity index (χ3n) is 3.75. The molecule has 0 unspecified atom stereocenters. The Labute approximate surface area is 152 Å². The number of morpholine rings is 1. The van der Waals surface area contributed by atoms with E-state index in [1.165, 1.54) is 13.1 Å². The molecule has 8 nitrogen and oxygen atoms in total. The highest BCUT2D eigenvalue weighted by molar-refractivity contribution is 5.97. The van der Waals surface area contributed by atoms with Gasteiger partial charge in [0, 0.05) is 50.7 Å². The molecule has 138 valence electrons. The van der Waals surface area contributed by atoms with Crippen LogP contribution in [0.1, 0.15) is 6.92 Å². The lowest BCUT2D eigenvalue weighted by Gasteiger charge is -2.26. The lowest BCUT2D eigenvalue weighted by atomic mass is 10.2. The zero-order chi connectivity index (χ0) is 18.8. The van der Waals surface area contributed by atoms with Gasteiger partial charge in [-0.1, -0.05) is 6.07 Å². The Morgan fingerprint density at radius 3 is 2.73 bits per heavy atom. The first-order chi connectivity index (χ1) is 12.6. The minimum Gasteiger partial charge on any atom is -0.379 e. The Morgan fingerprint density at radius 2 is 2.04 bits per heavy atom. The van der Waals surface area contributed by atoms with E-state index in [1.807, 2.05) is 6.07 Å². The summed E-state index contributed by atoms with van der Waals surface area (Å²) in [6, 6.07) is 8.88. The Hall–Kier alpha value is -2.89. The van der Waals surface area contributed by atoms with Crippen LogP contribution in [0.2, 0.25) is 0 Å². The molecule has 0 radical (unpaired) electrons. The quantitative estimate of drug-likeness (QED) is 0.495. The topological polar surface area (TPSA) is 106 Å². The van der Waals surface area contributed by atoms with Gasteiger partial charge in [-0.05, 0) is 18.2 Å². The molecule has 0 atom stereocenters. The van der Waals surface area contributed by atoms with Crippen LogP contribution >= 0.6 is 0 Å². The normalized spacial score (nSPS) is 15.0. The standard InChI is InChI=1S/C18H23N5O3/c1-14(24)22-17-4-2-3-16(11-17)21-13-15(12-19)18(25)20-5-6-23-7-9-26-10-8-23/h2-4,11,13,21H,5-10H2,1H3,(H,20,25)(H,22,24)/b15-13-. The van der Waals surface area contributed by atoms with Crippen LogP contribution in [0.4, 0.5) is 11.4 Å². The van der Waals surface area contributed by atoms with Gasteiger partial charge >= 0.3 is 0 Å². The third kappa shape index (κ3) is 6.55. The number of nitrogens with zero attached hydrogens (tertiary/aromatic N) is 2. The SMILES string of the molecule is CC(=O)Nc1cccc(N/C=C(/C#N)C(=O)NCCN2CCOCC2)c1. The first-order valence-electron chi connectivity index (χ1n) is 8.41. The second kappa shape index (κ2) is 10.2. The van der Waals surface area contributed by atoms with Crippen molar-refractivity contribution in [3.63, 3.8) is 0 Å². The summed E-state index contributed by atoms with van der Waals surface area (Å²) in [5.74, 6) is -0.596. The minimum absolute atomic E-state index is 0.0168. The molecule has 0 saturated carbocycles. The van der Waals surface area contributed by atoms with E-state index in [4.69, 9.17) is 4.74 Å². The Bertz CT molecular complexity index is 705. The van der Waals surface area contributed by atoms with Crippen LogP contribution < -0.4 is 16.0 Å². The highest BCUT2D eigenvalue weighted by Crippen LogP contribution is 2.15. The molecule has 1 saturated heterocycles. The summed E-state index contributed by atoms with van der Waals surface area (Å²) in [5.41, 5.74) is 1.27. The van der Waals surface area contributed by atoms with E-state index in [0.29, 0.717) is 31.1 Å². The summed E-state index contributed by atoms with van der Waals surface area (Å²) in [7, 11) is 0. The average molecular weight is 357 g/mol. The predicted molar refractivity (Wildman–Crippen MR) is 98.3 cm³/mol. The first kappa shape index (κ1) is 19.4. The Morgan fingerprint density at radius 1 is 1.31 bits per heavy atom. The number of hydrogen-bond donors (Lipinski definition) is 3. The van der Waals surface area contributed by atoms with Crippen LogP contribution in [0.5, 0.6) is 0 Å². The number of nitriles is 1. The molecule has 0 spiro atoms. The summed E-state index contributed by atoms with van der Waals surface area (Å²) in [6.45, 7) is 5.73. The molecule has 0 aliphatic carbocycles. The molecule has 0 aromatic heterocycles. The molecule has 1 heterocycles. The van der Waals surface area contributed by atoms with Crippen molar-refractivity contribution >= 4 is 23.2 Å². The Kier molecular flexibility index (Phi) is 7.61. The van der Waals surface area contributed by atoms with Gasteiger partial charge in [0.1, 0.15) is 11.6 Å². The van der Waals surface area contributed by atoms with E-state index < -0.39 is 5.91 Å². The van der Waals surface area contributed by atoms with Crippen LogP contribution in [0.3, 0.4) is 0 Å². The summed E-state index contributed by atoms with van der Waals surface area (Å²) in [5, 5.41) is 17.5. The van der Waals surface area contributed by atoms with Crippen molar-refractivity contribution in [1.29, 1.82) is 5.26 Å². The van der Waals surface area contributed by atoms with Gasteiger partial charge in [-0.3, -0.25) is 14.5 Å². The number of ether oxygens (including phenoxy) is 1. The summed E-state index contributed by atoms with van der Waals surface area (Å²) >= 11 is 0.